The van der Waals surface area contributed by atoms with Crippen LogP contribution in [0.4, 0.5) is 10.8 Å². The minimum absolute atomic E-state index is 0.00361. The van der Waals surface area contributed by atoms with Gasteiger partial charge in [-0.15, -0.1) is 10.2 Å². The third-order valence-electron chi connectivity index (χ3n) is 3.52. The number of carbonyl (C=O) groups excluding carboxylic acids is 2. The van der Waals surface area contributed by atoms with Crippen LogP contribution >= 0.6 is 34.7 Å². The van der Waals surface area contributed by atoms with E-state index >= 15 is 0 Å². The molecule has 0 aliphatic heterocycles. The van der Waals surface area contributed by atoms with Crippen molar-refractivity contribution in [2.75, 3.05) is 16.0 Å². The van der Waals surface area contributed by atoms with Crippen molar-refractivity contribution in [1.82, 2.24) is 10.2 Å². The number of thioether (sulfide) groups is 1. The molecule has 1 aliphatic rings. The van der Waals surface area contributed by atoms with Gasteiger partial charge in [-0.1, -0.05) is 40.8 Å². The van der Waals surface area contributed by atoms with E-state index in [-0.39, 0.29) is 17.9 Å². The Labute approximate surface area is 159 Å². The van der Waals surface area contributed by atoms with Crippen molar-refractivity contribution in [2.24, 2.45) is 0 Å². The van der Waals surface area contributed by atoms with Crippen LogP contribution in [-0.4, -0.2) is 33.8 Å². The van der Waals surface area contributed by atoms with Crippen LogP contribution in [0.15, 0.2) is 28.6 Å². The molecule has 0 unspecified atom stereocenters. The summed E-state index contributed by atoms with van der Waals surface area (Å²) >= 11 is 8.75. The van der Waals surface area contributed by atoms with Crippen LogP contribution in [0.1, 0.15) is 26.2 Å². The molecule has 132 valence electrons. The molecule has 0 atom stereocenters. The van der Waals surface area contributed by atoms with E-state index in [1.807, 2.05) is 0 Å². The van der Waals surface area contributed by atoms with E-state index in [1.165, 1.54) is 23.1 Å². The smallest absolute Gasteiger partial charge is 0.225 e. The third-order valence-corrected chi connectivity index (χ3v) is 5.81. The molecule has 1 saturated carbocycles. The first-order valence-electron chi connectivity index (χ1n) is 7.84. The number of hydrogen-bond acceptors (Lipinski definition) is 6. The molecule has 1 heterocycles. The molecule has 0 radical (unpaired) electrons. The van der Waals surface area contributed by atoms with Crippen LogP contribution < -0.4 is 10.2 Å². The van der Waals surface area contributed by atoms with Gasteiger partial charge in [0, 0.05) is 35.8 Å². The number of aromatic nitrogens is 2. The summed E-state index contributed by atoms with van der Waals surface area (Å²) in [5, 5.41) is 12.3. The van der Waals surface area contributed by atoms with Crippen molar-refractivity contribution in [2.45, 2.75) is 36.6 Å². The molecule has 6 nitrogen and oxygen atoms in total. The Morgan fingerprint density at radius 2 is 2.20 bits per heavy atom. The van der Waals surface area contributed by atoms with Gasteiger partial charge >= 0.3 is 0 Å². The molecule has 9 heteroatoms. The van der Waals surface area contributed by atoms with Crippen LogP contribution in [0.3, 0.4) is 0 Å². The second-order valence-electron chi connectivity index (χ2n) is 5.63. The number of anilines is 2. The quantitative estimate of drug-likeness (QED) is 0.568. The standard InChI is InChI=1S/C16H17ClN4O2S2/c1-10(22)21(13-5-6-13)15-19-20-16(25-15)24-8-7-14(23)18-12-4-2-3-11(17)9-12/h2-4,9,13H,5-8H2,1H3,(H,18,23). The Balaban J connectivity index is 1.47. The highest BCUT2D eigenvalue weighted by Gasteiger charge is 2.34. The summed E-state index contributed by atoms with van der Waals surface area (Å²) in [6.45, 7) is 1.55. The van der Waals surface area contributed by atoms with Crippen LogP contribution in [-0.2, 0) is 9.59 Å². The highest BCUT2D eigenvalue weighted by Crippen LogP contribution is 2.35. The summed E-state index contributed by atoms with van der Waals surface area (Å²) < 4.78 is 0.762. The van der Waals surface area contributed by atoms with E-state index < -0.39 is 0 Å². The Morgan fingerprint density at radius 1 is 1.40 bits per heavy atom. The van der Waals surface area contributed by atoms with Gasteiger partial charge in [0.25, 0.3) is 0 Å². The van der Waals surface area contributed by atoms with E-state index in [9.17, 15) is 9.59 Å². The topological polar surface area (TPSA) is 75.2 Å². The summed E-state index contributed by atoms with van der Waals surface area (Å²) in [6, 6.07) is 7.31. The number of rotatable bonds is 7. The van der Waals surface area contributed by atoms with Crippen molar-refractivity contribution >= 4 is 57.3 Å². The molecular weight excluding hydrogens is 380 g/mol. The lowest BCUT2D eigenvalue weighted by Gasteiger charge is -2.15. The van der Waals surface area contributed by atoms with Crippen LogP contribution in [0.25, 0.3) is 0 Å². The van der Waals surface area contributed by atoms with Crippen molar-refractivity contribution in [1.29, 1.82) is 0 Å². The molecule has 3 rings (SSSR count). The van der Waals surface area contributed by atoms with Crippen LogP contribution in [0, 0.1) is 0 Å². The predicted octanol–water partition coefficient (Wildman–Crippen LogP) is 3.83. The number of amides is 2. The van der Waals surface area contributed by atoms with E-state index in [2.05, 4.69) is 15.5 Å². The Hall–Kier alpha value is -1.64. The molecule has 0 bridgehead atoms. The first kappa shape index (κ1) is 18.2. The van der Waals surface area contributed by atoms with Crippen LogP contribution in [0.5, 0.6) is 0 Å². The maximum absolute atomic E-state index is 12.0. The number of halogens is 1. The number of hydrogen-bond donors (Lipinski definition) is 1. The summed E-state index contributed by atoms with van der Waals surface area (Å²) in [6.07, 6.45) is 2.39. The van der Waals surface area contributed by atoms with Crippen molar-refractivity contribution in [3.8, 4) is 0 Å². The highest BCUT2D eigenvalue weighted by atomic mass is 35.5. The average Bonchev–Trinajstić information content (AvgIpc) is 3.26. The first-order valence-corrected chi connectivity index (χ1v) is 10.0. The van der Waals surface area contributed by atoms with Crippen molar-refractivity contribution < 1.29 is 9.59 Å². The Bertz CT molecular complexity index is 779. The fourth-order valence-electron chi connectivity index (χ4n) is 2.26. The lowest BCUT2D eigenvalue weighted by molar-refractivity contribution is -0.117. The molecule has 1 N–H and O–H groups in total. The van der Waals surface area contributed by atoms with Gasteiger partial charge in [-0.05, 0) is 31.0 Å². The van der Waals surface area contributed by atoms with Gasteiger partial charge in [0.2, 0.25) is 16.9 Å². The second kappa shape index (κ2) is 8.16. The number of benzene rings is 1. The molecule has 1 aromatic carbocycles. The Morgan fingerprint density at radius 3 is 2.88 bits per heavy atom. The number of carbonyl (C=O) groups is 2. The highest BCUT2D eigenvalue weighted by molar-refractivity contribution is 8.01. The van der Waals surface area contributed by atoms with Gasteiger partial charge in [0.1, 0.15) is 0 Å². The van der Waals surface area contributed by atoms with Gasteiger partial charge in [0.15, 0.2) is 4.34 Å². The molecule has 1 aliphatic carbocycles. The van der Waals surface area contributed by atoms with Crippen molar-refractivity contribution in [3.63, 3.8) is 0 Å². The fraction of sp³-hybridized carbons (Fsp3) is 0.375. The lowest BCUT2D eigenvalue weighted by Crippen LogP contribution is -2.30. The largest absolute Gasteiger partial charge is 0.326 e. The maximum Gasteiger partial charge on any atom is 0.225 e. The maximum atomic E-state index is 12.0. The van der Waals surface area contributed by atoms with E-state index in [1.54, 1.807) is 36.1 Å². The van der Waals surface area contributed by atoms with Gasteiger partial charge in [-0.2, -0.15) is 0 Å². The lowest BCUT2D eigenvalue weighted by atomic mass is 10.3. The van der Waals surface area contributed by atoms with Crippen molar-refractivity contribution in [3.05, 3.63) is 29.3 Å². The van der Waals surface area contributed by atoms with E-state index in [0.717, 1.165) is 17.2 Å². The normalized spacial score (nSPS) is 13.5. The van der Waals surface area contributed by atoms with Gasteiger partial charge in [-0.25, -0.2) is 0 Å². The number of nitrogens with zero attached hydrogens (tertiary/aromatic N) is 3. The Kier molecular flexibility index (Phi) is 5.93. The second-order valence-corrected chi connectivity index (χ2v) is 8.36. The predicted molar refractivity (Wildman–Crippen MR) is 102 cm³/mol. The molecule has 2 aromatic rings. The van der Waals surface area contributed by atoms with Gasteiger partial charge in [0.05, 0.1) is 0 Å². The molecule has 25 heavy (non-hydrogen) atoms. The number of nitrogens with one attached hydrogen (secondary N) is 1. The monoisotopic (exact) mass is 396 g/mol. The first-order chi connectivity index (χ1) is 12.0. The zero-order chi connectivity index (χ0) is 17.8. The average molecular weight is 397 g/mol. The third kappa shape index (κ3) is 5.17. The molecule has 1 aromatic heterocycles. The summed E-state index contributed by atoms with van der Waals surface area (Å²) in [5.74, 6) is 0.504. The molecule has 1 fully saturated rings. The zero-order valence-electron chi connectivity index (χ0n) is 13.6. The molecule has 0 spiro atoms. The fourth-order valence-corrected chi connectivity index (χ4v) is 4.42. The van der Waals surface area contributed by atoms with Crippen LogP contribution in [0.2, 0.25) is 5.02 Å². The molecule has 2 amide bonds. The van der Waals surface area contributed by atoms with Gasteiger partial charge < -0.3 is 5.32 Å². The SMILES string of the molecule is CC(=O)N(c1nnc(SCCC(=O)Nc2cccc(Cl)c2)s1)C1CC1. The van der Waals surface area contributed by atoms with E-state index in [0.29, 0.717) is 28.0 Å². The molecular formula is C16H17ClN4O2S2. The molecule has 0 saturated heterocycles. The minimum Gasteiger partial charge on any atom is -0.326 e. The van der Waals surface area contributed by atoms with E-state index in [4.69, 9.17) is 11.6 Å². The minimum atomic E-state index is -0.0807. The summed E-state index contributed by atoms with van der Waals surface area (Å²) in [5.41, 5.74) is 0.683. The zero-order valence-corrected chi connectivity index (χ0v) is 16.0. The summed E-state index contributed by atoms with van der Waals surface area (Å²) in [7, 11) is 0. The summed E-state index contributed by atoms with van der Waals surface area (Å²) in [4.78, 5) is 25.4. The van der Waals surface area contributed by atoms with Gasteiger partial charge in [-0.3, -0.25) is 14.5 Å².